The number of aromatic nitrogens is 6. The smallest absolute Gasteiger partial charge is 0.196 e. The predicted octanol–water partition coefficient (Wildman–Crippen LogP) is 6.18. The molecule has 0 unspecified atom stereocenters. The number of pyridine rings is 1. The summed E-state index contributed by atoms with van der Waals surface area (Å²) in [5, 5.41) is 10.5. The zero-order valence-corrected chi connectivity index (χ0v) is 19.2. The molecule has 0 saturated carbocycles. The molecule has 9 heteroatoms. The van der Waals surface area contributed by atoms with Crippen molar-refractivity contribution in [3.63, 3.8) is 0 Å². The van der Waals surface area contributed by atoms with Gasteiger partial charge in [0, 0.05) is 23.7 Å². The highest BCUT2D eigenvalue weighted by atomic mass is 35.5. The molecular weight excluding hydrogens is 463 g/mol. The fourth-order valence-electron chi connectivity index (χ4n) is 3.30. The fraction of sp³-hybridized carbons (Fsp3) is 0.0870. The topological polar surface area (TPSA) is 69.4 Å². The Bertz CT molecular complexity index is 1420. The lowest BCUT2D eigenvalue weighted by atomic mass is 10.2. The lowest BCUT2D eigenvalue weighted by Crippen LogP contribution is -2.01. The average molecular weight is 479 g/mol. The Balaban J connectivity index is 1.55. The van der Waals surface area contributed by atoms with Crippen molar-refractivity contribution in [1.82, 2.24) is 29.7 Å². The van der Waals surface area contributed by atoms with Crippen LogP contribution in [0.25, 0.3) is 28.1 Å². The van der Waals surface area contributed by atoms with Gasteiger partial charge in [-0.25, -0.2) is 9.97 Å². The van der Waals surface area contributed by atoms with Crippen LogP contribution < -0.4 is 0 Å². The molecule has 5 aromatic rings. The monoisotopic (exact) mass is 478 g/mol. The molecule has 0 atom stereocenters. The second kappa shape index (κ2) is 8.86. The highest BCUT2D eigenvalue weighted by Crippen LogP contribution is 2.32. The van der Waals surface area contributed by atoms with E-state index in [4.69, 9.17) is 28.2 Å². The van der Waals surface area contributed by atoms with Crippen LogP contribution in [0, 0.1) is 6.92 Å². The van der Waals surface area contributed by atoms with Crippen LogP contribution in [0.15, 0.2) is 72.1 Å². The summed E-state index contributed by atoms with van der Waals surface area (Å²) in [6, 6.07) is 17.1. The standard InChI is InChI=1S/C23H16Cl2N6S/c1-14-21(28-20-7-3-2-6-19(20)27-14)13-32-23-30-29-22(15-5-4-10-26-12-15)31(23)16-8-9-17(24)18(25)11-16/h2-12H,13H2,1H3. The number of hydrogen-bond acceptors (Lipinski definition) is 6. The largest absolute Gasteiger partial charge is 0.270 e. The molecule has 0 aliphatic rings. The second-order valence-corrected chi connectivity index (χ2v) is 8.77. The van der Waals surface area contributed by atoms with Crippen LogP contribution in [0.4, 0.5) is 0 Å². The predicted molar refractivity (Wildman–Crippen MR) is 128 cm³/mol. The Hall–Kier alpha value is -3.00. The summed E-state index contributed by atoms with van der Waals surface area (Å²) in [5.41, 5.74) is 5.21. The molecule has 0 spiro atoms. The zero-order valence-electron chi connectivity index (χ0n) is 16.9. The minimum Gasteiger partial charge on any atom is -0.270 e. The fourth-order valence-corrected chi connectivity index (χ4v) is 4.55. The van der Waals surface area contributed by atoms with Crippen LogP contribution in [0.1, 0.15) is 11.4 Å². The van der Waals surface area contributed by atoms with Gasteiger partial charge in [0.1, 0.15) is 0 Å². The summed E-state index contributed by atoms with van der Waals surface area (Å²) >= 11 is 14.0. The van der Waals surface area contributed by atoms with Crippen molar-refractivity contribution < 1.29 is 0 Å². The van der Waals surface area contributed by atoms with Gasteiger partial charge in [0.2, 0.25) is 0 Å². The van der Waals surface area contributed by atoms with Crippen molar-refractivity contribution in [2.24, 2.45) is 0 Å². The molecule has 0 radical (unpaired) electrons. The van der Waals surface area contributed by atoms with Gasteiger partial charge in [-0.3, -0.25) is 9.55 Å². The number of rotatable bonds is 5. The third kappa shape index (κ3) is 4.07. The number of hydrogen-bond donors (Lipinski definition) is 0. The molecule has 0 aliphatic heterocycles. The molecule has 3 heterocycles. The first-order chi connectivity index (χ1) is 15.6. The molecule has 32 heavy (non-hydrogen) atoms. The van der Waals surface area contributed by atoms with E-state index >= 15 is 0 Å². The number of aryl methyl sites for hydroxylation is 1. The summed E-state index contributed by atoms with van der Waals surface area (Å²) in [7, 11) is 0. The molecule has 0 aliphatic carbocycles. The van der Waals surface area contributed by atoms with Gasteiger partial charge in [-0.05, 0) is 49.4 Å². The minimum atomic E-state index is 0.460. The Labute approximate surface area is 198 Å². The number of halogens is 2. The van der Waals surface area contributed by atoms with Crippen LogP contribution in [0.5, 0.6) is 0 Å². The molecular formula is C23H16Cl2N6S. The molecule has 5 rings (SSSR count). The minimum absolute atomic E-state index is 0.460. The summed E-state index contributed by atoms with van der Waals surface area (Å²) in [5.74, 6) is 1.26. The first kappa shape index (κ1) is 20.9. The van der Waals surface area contributed by atoms with E-state index in [-0.39, 0.29) is 0 Å². The summed E-state index contributed by atoms with van der Waals surface area (Å²) in [6.45, 7) is 1.97. The quantitative estimate of drug-likeness (QED) is 0.281. The summed E-state index contributed by atoms with van der Waals surface area (Å²) in [6.07, 6.45) is 3.48. The Morgan fingerprint density at radius 1 is 0.906 bits per heavy atom. The Morgan fingerprint density at radius 2 is 1.72 bits per heavy atom. The highest BCUT2D eigenvalue weighted by Gasteiger charge is 2.18. The van der Waals surface area contributed by atoms with Gasteiger partial charge >= 0.3 is 0 Å². The third-order valence-electron chi connectivity index (χ3n) is 4.90. The van der Waals surface area contributed by atoms with E-state index in [2.05, 4.69) is 20.2 Å². The van der Waals surface area contributed by atoms with Crippen molar-refractivity contribution >= 4 is 46.0 Å². The number of fused-ring (bicyclic) bond motifs is 1. The molecule has 0 amide bonds. The van der Waals surface area contributed by atoms with E-state index in [0.29, 0.717) is 26.8 Å². The van der Waals surface area contributed by atoms with Crippen LogP contribution in [0.3, 0.4) is 0 Å². The second-order valence-electron chi connectivity index (χ2n) is 7.01. The Morgan fingerprint density at radius 3 is 2.47 bits per heavy atom. The van der Waals surface area contributed by atoms with Gasteiger partial charge in [-0.15, -0.1) is 10.2 Å². The maximum Gasteiger partial charge on any atom is 0.196 e. The number of para-hydroxylation sites is 2. The maximum atomic E-state index is 6.31. The maximum absolute atomic E-state index is 6.31. The van der Waals surface area contributed by atoms with E-state index < -0.39 is 0 Å². The molecule has 0 saturated heterocycles. The van der Waals surface area contributed by atoms with E-state index in [9.17, 15) is 0 Å². The average Bonchev–Trinajstić information content (AvgIpc) is 3.24. The van der Waals surface area contributed by atoms with Crippen molar-refractivity contribution in [1.29, 1.82) is 0 Å². The molecule has 3 aromatic heterocycles. The van der Waals surface area contributed by atoms with Gasteiger partial charge in [-0.1, -0.05) is 47.1 Å². The molecule has 0 N–H and O–H groups in total. The van der Waals surface area contributed by atoms with Gasteiger partial charge in [0.25, 0.3) is 0 Å². The van der Waals surface area contributed by atoms with Crippen LogP contribution in [-0.2, 0) is 5.75 Å². The number of benzene rings is 2. The van der Waals surface area contributed by atoms with E-state index in [0.717, 1.165) is 33.7 Å². The molecule has 2 aromatic carbocycles. The number of thioether (sulfide) groups is 1. The SMILES string of the molecule is Cc1nc2ccccc2nc1CSc1nnc(-c2cccnc2)n1-c1ccc(Cl)c(Cl)c1. The van der Waals surface area contributed by atoms with Crippen molar-refractivity contribution in [3.8, 4) is 17.1 Å². The lowest BCUT2D eigenvalue weighted by molar-refractivity contribution is 0.884. The normalized spacial score (nSPS) is 11.2. The van der Waals surface area contributed by atoms with Gasteiger partial charge in [0.05, 0.1) is 38.2 Å². The van der Waals surface area contributed by atoms with Crippen LogP contribution in [0.2, 0.25) is 10.0 Å². The van der Waals surface area contributed by atoms with Crippen molar-refractivity contribution in [2.45, 2.75) is 17.8 Å². The van der Waals surface area contributed by atoms with Gasteiger partial charge in [-0.2, -0.15) is 0 Å². The van der Waals surface area contributed by atoms with Crippen molar-refractivity contribution in [2.75, 3.05) is 0 Å². The van der Waals surface area contributed by atoms with Gasteiger partial charge < -0.3 is 0 Å². The molecule has 0 fully saturated rings. The summed E-state index contributed by atoms with van der Waals surface area (Å²) < 4.78 is 1.95. The summed E-state index contributed by atoms with van der Waals surface area (Å²) in [4.78, 5) is 13.7. The molecule has 0 bridgehead atoms. The van der Waals surface area contributed by atoms with E-state index in [1.807, 2.05) is 54.0 Å². The van der Waals surface area contributed by atoms with Crippen LogP contribution in [-0.4, -0.2) is 29.7 Å². The van der Waals surface area contributed by atoms with Crippen molar-refractivity contribution in [3.05, 3.63) is 88.4 Å². The van der Waals surface area contributed by atoms with Gasteiger partial charge in [0.15, 0.2) is 11.0 Å². The number of nitrogens with zero attached hydrogens (tertiary/aromatic N) is 6. The van der Waals surface area contributed by atoms with E-state index in [1.54, 1.807) is 24.5 Å². The third-order valence-corrected chi connectivity index (χ3v) is 6.57. The first-order valence-corrected chi connectivity index (χ1v) is 11.5. The highest BCUT2D eigenvalue weighted by molar-refractivity contribution is 7.98. The zero-order chi connectivity index (χ0) is 22.1. The lowest BCUT2D eigenvalue weighted by Gasteiger charge is -2.12. The molecule has 158 valence electrons. The Kier molecular flexibility index (Phi) is 5.78. The van der Waals surface area contributed by atoms with Crippen LogP contribution >= 0.6 is 35.0 Å². The van der Waals surface area contributed by atoms with E-state index in [1.165, 1.54) is 11.8 Å². The molecule has 6 nitrogen and oxygen atoms in total. The first-order valence-electron chi connectivity index (χ1n) is 9.76.